The van der Waals surface area contributed by atoms with Crippen LogP contribution in [-0.2, 0) is 16.6 Å². The molecule has 0 aliphatic rings. The van der Waals surface area contributed by atoms with E-state index in [2.05, 4.69) is 20.3 Å². The summed E-state index contributed by atoms with van der Waals surface area (Å²) < 4.78 is 6.40. The Balaban J connectivity index is 2.16. The molecule has 0 bridgehead atoms. The van der Waals surface area contributed by atoms with Gasteiger partial charge in [0.15, 0.2) is 11.2 Å². The summed E-state index contributed by atoms with van der Waals surface area (Å²) in [6, 6.07) is 0. The standard InChI is InChI=1S/C9H11N5O2S/c1-3-16-6(15)4-17-9-7-8(10-5-11-9)14(2)13-12-7/h5H,3-4H2,1-2H3. The van der Waals surface area contributed by atoms with Crippen LogP contribution in [0.5, 0.6) is 0 Å². The lowest BCUT2D eigenvalue weighted by Crippen LogP contribution is -2.06. The number of ether oxygens (including phenoxy) is 1. The highest BCUT2D eigenvalue weighted by molar-refractivity contribution is 8.00. The smallest absolute Gasteiger partial charge is 0.316 e. The van der Waals surface area contributed by atoms with Gasteiger partial charge in [0.25, 0.3) is 0 Å². The van der Waals surface area contributed by atoms with Gasteiger partial charge in [0.05, 0.1) is 12.4 Å². The molecular weight excluding hydrogens is 242 g/mol. The number of hydrogen-bond acceptors (Lipinski definition) is 7. The maximum atomic E-state index is 11.2. The van der Waals surface area contributed by atoms with Gasteiger partial charge in [-0.2, -0.15) is 0 Å². The lowest BCUT2D eigenvalue weighted by Gasteiger charge is -2.01. The summed E-state index contributed by atoms with van der Waals surface area (Å²) in [4.78, 5) is 19.4. The largest absolute Gasteiger partial charge is 0.465 e. The number of rotatable bonds is 4. The molecule has 2 aromatic rings. The fourth-order valence-corrected chi connectivity index (χ4v) is 2.00. The highest BCUT2D eigenvalue weighted by Crippen LogP contribution is 2.21. The van der Waals surface area contributed by atoms with Gasteiger partial charge in [-0.05, 0) is 6.92 Å². The Labute approximate surface area is 102 Å². The zero-order valence-corrected chi connectivity index (χ0v) is 10.3. The minimum atomic E-state index is -0.270. The number of carbonyl (C=O) groups excluding carboxylic acids is 1. The van der Waals surface area contributed by atoms with E-state index in [0.29, 0.717) is 22.8 Å². The SMILES string of the molecule is CCOC(=O)CSc1ncnc2c1nnn2C. The molecule has 0 unspecified atom stereocenters. The van der Waals surface area contributed by atoms with Gasteiger partial charge in [0.1, 0.15) is 11.4 Å². The van der Waals surface area contributed by atoms with Crippen LogP contribution in [0.4, 0.5) is 0 Å². The number of esters is 1. The number of carbonyl (C=O) groups is 1. The van der Waals surface area contributed by atoms with Crippen molar-refractivity contribution in [2.45, 2.75) is 11.9 Å². The van der Waals surface area contributed by atoms with Gasteiger partial charge in [-0.15, -0.1) is 5.10 Å². The predicted octanol–water partition coefficient (Wildman–Crippen LogP) is 0.413. The summed E-state index contributed by atoms with van der Waals surface area (Å²) in [6.07, 6.45) is 1.43. The van der Waals surface area contributed by atoms with Crippen LogP contribution in [0.25, 0.3) is 11.2 Å². The van der Waals surface area contributed by atoms with Gasteiger partial charge in [-0.3, -0.25) is 4.79 Å². The second-order valence-electron chi connectivity index (χ2n) is 3.16. The third-order valence-electron chi connectivity index (χ3n) is 1.99. The zero-order valence-electron chi connectivity index (χ0n) is 9.45. The van der Waals surface area contributed by atoms with E-state index < -0.39 is 0 Å². The van der Waals surface area contributed by atoms with E-state index in [0.717, 1.165) is 0 Å². The van der Waals surface area contributed by atoms with Crippen LogP contribution in [0.3, 0.4) is 0 Å². The predicted molar refractivity (Wildman–Crippen MR) is 61.5 cm³/mol. The Morgan fingerprint density at radius 2 is 2.35 bits per heavy atom. The number of aryl methyl sites for hydroxylation is 1. The molecule has 2 rings (SSSR count). The van der Waals surface area contributed by atoms with Crippen LogP contribution < -0.4 is 0 Å². The molecule has 0 aliphatic carbocycles. The number of hydrogen-bond donors (Lipinski definition) is 0. The van der Waals surface area contributed by atoms with Crippen molar-refractivity contribution in [3.05, 3.63) is 6.33 Å². The molecule has 0 atom stereocenters. The topological polar surface area (TPSA) is 82.8 Å². The Kier molecular flexibility index (Phi) is 3.52. The van der Waals surface area contributed by atoms with Crippen molar-refractivity contribution in [3.63, 3.8) is 0 Å². The van der Waals surface area contributed by atoms with Crippen molar-refractivity contribution in [2.24, 2.45) is 7.05 Å². The highest BCUT2D eigenvalue weighted by atomic mass is 32.2. The quantitative estimate of drug-likeness (QED) is 0.443. The lowest BCUT2D eigenvalue weighted by molar-refractivity contribution is -0.139. The van der Waals surface area contributed by atoms with Crippen molar-refractivity contribution < 1.29 is 9.53 Å². The molecular formula is C9H11N5O2S. The molecule has 0 saturated carbocycles. The van der Waals surface area contributed by atoms with Crippen LogP contribution in [0.15, 0.2) is 11.4 Å². The lowest BCUT2D eigenvalue weighted by atomic mass is 10.5. The van der Waals surface area contributed by atoms with Crippen molar-refractivity contribution in [2.75, 3.05) is 12.4 Å². The van der Waals surface area contributed by atoms with Crippen molar-refractivity contribution in [1.82, 2.24) is 25.0 Å². The molecule has 0 N–H and O–H groups in total. The normalized spacial score (nSPS) is 10.7. The summed E-state index contributed by atoms with van der Waals surface area (Å²) in [6.45, 7) is 2.15. The first-order chi connectivity index (χ1) is 8.22. The Morgan fingerprint density at radius 3 is 3.12 bits per heavy atom. The van der Waals surface area contributed by atoms with E-state index in [4.69, 9.17) is 4.74 Å². The highest BCUT2D eigenvalue weighted by Gasteiger charge is 2.12. The second kappa shape index (κ2) is 5.09. The van der Waals surface area contributed by atoms with Crippen molar-refractivity contribution >= 4 is 28.9 Å². The third kappa shape index (κ3) is 2.52. The molecule has 0 amide bonds. The third-order valence-corrected chi connectivity index (χ3v) is 2.94. The van der Waals surface area contributed by atoms with E-state index in [1.807, 2.05) is 0 Å². The molecule has 8 heteroatoms. The van der Waals surface area contributed by atoms with E-state index >= 15 is 0 Å². The van der Waals surface area contributed by atoms with E-state index in [1.165, 1.54) is 18.1 Å². The van der Waals surface area contributed by atoms with Gasteiger partial charge in [0.2, 0.25) is 0 Å². The van der Waals surface area contributed by atoms with Gasteiger partial charge < -0.3 is 4.74 Å². The number of thioether (sulfide) groups is 1. The first-order valence-corrected chi connectivity index (χ1v) is 5.99. The van der Waals surface area contributed by atoms with Gasteiger partial charge in [0, 0.05) is 7.05 Å². The summed E-state index contributed by atoms with van der Waals surface area (Å²) >= 11 is 1.27. The molecule has 0 aliphatic heterocycles. The van der Waals surface area contributed by atoms with E-state index in [9.17, 15) is 4.79 Å². The molecule has 0 radical (unpaired) electrons. The summed E-state index contributed by atoms with van der Waals surface area (Å²) in [5, 5.41) is 8.45. The fourth-order valence-electron chi connectivity index (χ4n) is 1.27. The van der Waals surface area contributed by atoms with Crippen LogP contribution in [0.2, 0.25) is 0 Å². The molecule has 0 saturated heterocycles. The molecule has 90 valence electrons. The molecule has 2 heterocycles. The van der Waals surface area contributed by atoms with E-state index in [-0.39, 0.29) is 11.7 Å². The molecule has 0 spiro atoms. The monoisotopic (exact) mass is 253 g/mol. The molecule has 0 aromatic carbocycles. The van der Waals surface area contributed by atoms with Crippen LogP contribution in [0.1, 0.15) is 6.92 Å². The van der Waals surface area contributed by atoms with E-state index in [1.54, 1.807) is 18.7 Å². The summed E-state index contributed by atoms with van der Waals surface area (Å²) in [5.41, 5.74) is 1.25. The summed E-state index contributed by atoms with van der Waals surface area (Å²) in [7, 11) is 1.75. The molecule has 0 fully saturated rings. The first-order valence-electron chi connectivity index (χ1n) is 5.01. The van der Waals surface area contributed by atoms with Gasteiger partial charge in [-0.1, -0.05) is 17.0 Å². The average molecular weight is 253 g/mol. The van der Waals surface area contributed by atoms with Gasteiger partial charge in [-0.25, -0.2) is 14.6 Å². The fraction of sp³-hybridized carbons (Fsp3) is 0.444. The van der Waals surface area contributed by atoms with Crippen molar-refractivity contribution in [1.29, 1.82) is 0 Å². The summed E-state index contributed by atoms with van der Waals surface area (Å²) in [5.74, 6) is -0.0653. The number of fused-ring (bicyclic) bond motifs is 1. The zero-order chi connectivity index (χ0) is 12.3. The van der Waals surface area contributed by atoms with Crippen molar-refractivity contribution in [3.8, 4) is 0 Å². The van der Waals surface area contributed by atoms with Crippen LogP contribution >= 0.6 is 11.8 Å². The van der Waals surface area contributed by atoms with Crippen LogP contribution in [-0.4, -0.2) is 43.3 Å². The van der Waals surface area contributed by atoms with Crippen LogP contribution in [0, 0.1) is 0 Å². The molecule has 17 heavy (non-hydrogen) atoms. The maximum Gasteiger partial charge on any atom is 0.316 e. The number of nitrogens with zero attached hydrogens (tertiary/aromatic N) is 5. The first kappa shape index (κ1) is 11.8. The van der Waals surface area contributed by atoms with Gasteiger partial charge >= 0.3 is 5.97 Å². The average Bonchev–Trinajstić information content (AvgIpc) is 2.70. The number of aromatic nitrogens is 5. The Hall–Kier alpha value is -1.70. The minimum absolute atomic E-state index is 0.205. The molecule has 2 aromatic heterocycles. The molecule has 7 nitrogen and oxygen atoms in total. The minimum Gasteiger partial charge on any atom is -0.465 e. The second-order valence-corrected chi connectivity index (χ2v) is 4.12. The Morgan fingerprint density at radius 1 is 1.53 bits per heavy atom. The maximum absolute atomic E-state index is 11.2. The Bertz CT molecular complexity index is 541.